The summed E-state index contributed by atoms with van der Waals surface area (Å²) in [5.74, 6) is 0.417. The van der Waals surface area contributed by atoms with Gasteiger partial charge in [-0.05, 0) is 24.3 Å². The molecule has 0 fully saturated rings. The summed E-state index contributed by atoms with van der Waals surface area (Å²) in [4.78, 5) is 14.4. The predicted octanol–water partition coefficient (Wildman–Crippen LogP) is 4.59. The molecule has 0 unspecified atom stereocenters. The van der Waals surface area contributed by atoms with Crippen molar-refractivity contribution < 1.29 is 13.2 Å². The van der Waals surface area contributed by atoms with Crippen LogP contribution < -0.4 is 4.90 Å². The van der Waals surface area contributed by atoms with Crippen LogP contribution in [0.5, 0.6) is 0 Å². The Morgan fingerprint density at radius 2 is 2.00 bits per heavy atom. The number of imidazole rings is 1. The van der Waals surface area contributed by atoms with Gasteiger partial charge in [-0.2, -0.15) is 4.98 Å². The molecule has 0 amide bonds. The van der Waals surface area contributed by atoms with Gasteiger partial charge in [0.15, 0.2) is 5.58 Å². The van der Waals surface area contributed by atoms with E-state index in [0.717, 1.165) is 34.5 Å². The summed E-state index contributed by atoms with van der Waals surface area (Å²) in [5, 5.41) is 1.03. The zero-order chi connectivity index (χ0) is 18.7. The number of halogens is 1. The minimum absolute atomic E-state index is 0.277. The molecule has 0 radical (unpaired) electrons. The van der Waals surface area contributed by atoms with E-state index in [1.165, 1.54) is 12.1 Å². The third-order valence-electron chi connectivity index (χ3n) is 5.22. The standard InChI is InChI=1S/C21H15FN4O2/c22-13-5-6-14-17(10-13)28-21(25-14)26-8-7-15-19(24-11-23-15)20(26)18-9-12-3-1-2-4-16(12)27-18/h1-6,9-11,20H,7-8H2,(H,23,24)/t20-/m1/s1. The third-order valence-corrected chi connectivity index (χ3v) is 5.22. The molecule has 5 aromatic rings. The Morgan fingerprint density at radius 1 is 1.07 bits per heavy atom. The molecule has 7 heteroatoms. The Labute approximate surface area is 158 Å². The van der Waals surface area contributed by atoms with Crippen molar-refractivity contribution in [3.63, 3.8) is 0 Å². The van der Waals surface area contributed by atoms with Gasteiger partial charge in [0, 0.05) is 30.1 Å². The molecule has 1 aliphatic rings. The van der Waals surface area contributed by atoms with Crippen molar-refractivity contribution in [2.75, 3.05) is 11.4 Å². The molecule has 0 saturated heterocycles. The van der Waals surface area contributed by atoms with E-state index in [-0.39, 0.29) is 11.9 Å². The molecule has 1 aliphatic heterocycles. The fraction of sp³-hybridized carbons (Fsp3) is 0.143. The summed E-state index contributed by atoms with van der Waals surface area (Å²) in [6.07, 6.45) is 2.48. The van der Waals surface area contributed by atoms with Crippen LogP contribution in [-0.4, -0.2) is 21.5 Å². The smallest absolute Gasteiger partial charge is 0.299 e. The van der Waals surface area contributed by atoms with E-state index in [4.69, 9.17) is 8.83 Å². The molecule has 0 aliphatic carbocycles. The first-order valence-corrected chi connectivity index (χ1v) is 9.09. The maximum atomic E-state index is 13.6. The lowest BCUT2D eigenvalue weighted by molar-refractivity contribution is 0.458. The Kier molecular flexibility index (Phi) is 3.14. The van der Waals surface area contributed by atoms with Crippen LogP contribution in [0.3, 0.4) is 0 Å². The zero-order valence-electron chi connectivity index (χ0n) is 14.7. The highest BCUT2D eigenvalue weighted by molar-refractivity contribution is 5.78. The minimum Gasteiger partial charge on any atom is -0.458 e. The molecule has 28 heavy (non-hydrogen) atoms. The van der Waals surface area contributed by atoms with Crippen molar-refractivity contribution in [3.05, 3.63) is 77.8 Å². The minimum atomic E-state index is -0.350. The van der Waals surface area contributed by atoms with E-state index in [9.17, 15) is 4.39 Å². The monoisotopic (exact) mass is 374 g/mol. The number of benzene rings is 2. The van der Waals surface area contributed by atoms with Crippen molar-refractivity contribution in [2.24, 2.45) is 0 Å². The van der Waals surface area contributed by atoms with Crippen LogP contribution in [0.2, 0.25) is 0 Å². The number of para-hydroxylation sites is 1. The van der Waals surface area contributed by atoms with Gasteiger partial charge in [0.1, 0.15) is 28.7 Å². The third kappa shape index (κ3) is 2.26. The Hall–Kier alpha value is -3.61. The second kappa shape index (κ2) is 5.69. The lowest BCUT2D eigenvalue weighted by Gasteiger charge is -2.32. The first kappa shape index (κ1) is 15.4. The van der Waals surface area contributed by atoms with Crippen molar-refractivity contribution in [3.8, 4) is 0 Å². The second-order valence-electron chi connectivity index (χ2n) is 6.91. The van der Waals surface area contributed by atoms with Crippen LogP contribution in [0.25, 0.3) is 22.1 Å². The largest absolute Gasteiger partial charge is 0.458 e. The topological polar surface area (TPSA) is 71.1 Å². The fourth-order valence-corrected chi connectivity index (χ4v) is 3.92. The number of oxazole rings is 1. The molecular weight excluding hydrogens is 359 g/mol. The number of nitrogens with one attached hydrogen (secondary N) is 1. The summed E-state index contributed by atoms with van der Waals surface area (Å²) in [6.45, 7) is 0.673. The lowest BCUT2D eigenvalue weighted by Crippen LogP contribution is -2.36. The molecule has 0 saturated carbocycles. The lowest BCUT2D eigenvalue weighted by atomic mass is 10.0. The van der Waals surface area contributed by atoms with E-state index < -0.39 is 0 Å². The van der Waals surface area contributed by atoms with E-state index in [2.05, 4.69) is 15.0 Å². The summed E-state index contributed by atoms with van der Waals surface area (Å²) >= 11 is 0. The number of furan rings is 1. The van der Waals surface area contributed by atoms with Crippen LogP contribution >= 0.6 is 0 Å². The molecule has 6 nitrogen and oxygen atoms in total. The molecule has 2 aromatic carbocycles. The van der Waals surface area contributed by atoms with Gasteiger partial charge in [0.05, 0.1) is 12.0 Å². The fourth-order valence-electron chi connectivity index (χ4n) is 3.92. The van der Waals surface area contributed by atoms with Gasteiger partial charge < -0.3 is 18.7 Å². The van der Waals surface area contributed by atoms with Crippen LogP contribution in [0.1, 0.15) is 23.2 Å². The molecule has 1 N–H and O–H groups in total. The predicted molar refractivity (Wildman–Crippen MR) is 102 cm³/mol. The van der Waals surface area contributed by atoms with Gasteiger partial charge in [0.25, 0.3) is 6.01 Å². The number of rotatable bonds is 2. The molecule has 1 atom stereocenters. The van der Waals surface area contributed by atoms with E-state index >= 15 is 0 Å². The Morgan fingerprint density at radius 3 is 2.93 bits per heavy atom. The average molecular weight is 374 g/mol. The van der Waals surface area contributed by atoms with Gasteiger partial charge >= 0.3 is 0 Å². The molecule has 0 bridgehead atoms. The zero-order valence-corrected chi connectivity index (χ0v) is 14.7. The van der Waals surface area contributed by atoms with Crippen LogP contribution in [0, 0.1) is 5.82 Å². The highest BCUT2D eigenvalue weighted by atomic mass is 19.1. The molecular formula is C21H15FN4O2. The van der Waals surface area contributed by atoms with Crippen LogP contribution in [-0.2, 0) is 6.42 Å². The quantitative estimate of drug-likeness (QED) is 0.489. The van der Waals surface area contributed by atoms with Gasteiger partial charge in [-0.1, -0.05) is 18.2 Å². The number of anilines is 1. The number of fused-ring (bicyclic) bond motifs is 3. The van der Waals surface area contributed by atoms with Crippen LogP contribution in [0.15, 0.2) is 63.7 Å². The van der Waals surface area contributed by atoms with Crippen LogP contribution in [0.4, 0.5) is 10.4 Å². The van der Waals surface area contributed by atoms with Crippen molar-refractivity contribution >= 4 is 28.1 Å². The first-order chi connectivity index (χ1) is 13.8. The molecule has 3 aromatic heterocycles. The summed E-state index contributed by atoms with van der Waals surface area (Å²) in [6, 6.07) is 14.4. The number of H-pyrrole nitrogens is 1. The Bertz CT molecular complexity index is 1290. The molecule has 0 spiro atoms. The number of hydrogen-bond acceptors (Lipinski definition) is 5. The Balaban J connectivity index is 1.52. The molecule has 138 valence electrons. The van der Waals surface area contributed by atoms with E-state index in [0.29, 0.717) is 23.7 Å². The first-order valence-electron chi connectivity index (χ1n) is 9.09. The average Bonchev–Trinajstić information content (AvgIpc) is 3.43. The van der Waals surface area contributed by atoms with Gasteiger partial charge in [-0.15, -0.1) is 0 Å². The molecule has 4 heterocycles. The van der Waals surface area contributed by atoms with Gasteiger partial charge in [-0.25, -0.2) is 9.37 Å². The highest BCUT2D eigenvalue weighted by Gasteiger charge is 2.36. The normalized spacial score (nSPS) is 16.8. The number of aromatic nitrogens is 3. The maximum absolute atomic E-state index is 13.6. The summed E-state index contributed by atoms with van der Waals surface area (Å²) < 4.78 is 25.6. The molecule has 6 rings (SSSR count). The number of aromatic amines is 1. The second-order valence-corrected chi connectivity index (χ2v) is 6.91. The van der Waals surface area contributed by atoms with Crippen molar-refractivity contribution in [2.45, 2.75) is 12.5 Å². The van der Waals surface area contributed by atoms with E-state index in [1.807, 2.05) is 35.2 Å². The summed E-state index contributed by atoms with van der Waals surface area (Å²) in [5.41, 5.74) is 3.82. The van der Waals surface area contributed by atoms with Gasteiger partial charge in [0.2, 0.25) is 0 Å². The van der Waals surface area contributed by atoms with E-state index in [1.54, 1.807) is 12.4 Å². The summed E-state index contributed by atoms with van der Waals surface area (Å²) in [7, 11) is 0. The van der Waals surface area contributed by atoms with Crippen molar-refractivity contribution in [1.82, 2.24) is 15.0 Å². The number of nitrogens with zero attached hydrogens (tertiary/aromatic N) is 3. The SMILES string of the molecule is Fc1ccc2nc(N3CCc4[nH]cnc4[C@H]3c3cc4ccccc4o3)oc2c1. The van der Waals surface area contributed by atoms with Gasteiger partial charge in [-0.3, -0.25) is 0 Å². The van der Waals surface area contributed by atoms with Crippen molar-refractivity contribution in [1.29, 1.82) is 0 Å². The number of hydrogen-bond donors (Lipinski definition) is 1. The maximum Gasteiger partial charge on any atom is 0.299 e. The highest BCUT2D eigenvalue weighted by Crippen LogP contribution is 2.39.